The van der Waals surface area contributed by atoms with Crippen LogP contribution in [0.3, 0.4) is 0 Å². The van der Waals surface area contributed by atoms with E-state index in [9.17, 15) is 5.11 Å². The first-order valence-electron chi connectivity index (χ1n) is 5.35. The first kappa shape index (κ1) is 11.0. The molecule has 1 fully saturated rings. The Kier molecular flexibility index (Phi) is 3.36. The average Bonchev–Trinajstić information content (AvgIpc) is 2.34. The lowest BCUT2D eigenvalue weighted by Gasteiger charge is -2.32. The van der Waals surface area contributed by atoms with Gasteiger partial charge in [-0.25, -0.2) is 0 Å². The summed E-state index contributed by atoms with van der Waals surface area (Å²) in [5.74, 6) is 0. The van der Waals surface area contributed by atoms with Crippen LogP contribution in [0, 0.1) is 5.41 Å². The minimum absolute atomic E-state index is 0.121. The van der Waals surface area contributed by atoms with E-state index in [1.165, 1.54) is 0 Å². The molecule has 0 aliphatic heterocycles. The Morgan fingerprint density at radius 1 is 1.31 bits per heavy atom. The second kappa shape index (κ2) is 3.97. The van der Waals surface area contributed by atoms with Crippen LogP contribution in [0.15, 0.2) is 0 Å². The summed E-state index contributed by atoms with van der Waals surface area (Å²) in [5, 5.41) is 13.2. The molecular formula is C11H23NO. The van der Waals surface area contributed by atoms with Gasteiger partial charge in [0.1, 0.15) is 0 Å². The molecule has 0 bridgehead atoms. The number of hydrogen-bond acceptors (Lipinski definition) is 2. The lowest BCUT2D eigenvalue weighted by Crippen LogP contribution is -2.46. The van der Waals surface area contributed by atoms with E-state index in [-0.39, 0.29) is 11.5 Å². The van der Waals surface area contributed by atoms with Crippen molar-refractivity contribution < 1.29 is 5.11 Å². The number of hydrogen-bond donors (Lipinski definition) is 2. The van der Waals surface area contributed by atoms with E-state index in [0.29, 0.717) is 12.1 Å². The van der Waals surface area contributed by atoms with Crippen LogP contribution in [-0.4, -0.2) is 23.3 Å². The number of aliphatic hydroxyl groups is 1. The monoisotopic (exact) mass is 185 g/mol. The summed E-state index contributed by atoms with van der Waals surface area (Å²) < 4.78 is 0. The number of nitrogens with one attached hydrogen (secondary N) is 1. The molecule has 3 atom stereocenters. The van der Waals surface area contributed by atoms with Crippen molar-refractivity contribution >= 4 is 0 Å². The summed E-state index contributed by atoms with van der Waals surface area (Å²) in [7, 11) is 0. The molecular weight excluding hydrogens is 162 g/mol. The molecule has 0 aromatic rings. The Balaban J connectivity index is 2.40. The summed E-state index contributed by atoms with van der Waals surface area (Å²) in [6.45, 7) is 8.88. The average molecular weight is 185 g/mol. The van der Waals surface area contributed by atoms with Crippen molar-refractivity contribution in [2.24, 2.45) is 5.41 Å². The van der Waals surface area contributed by atoms with Crippen LogP contribution < -0.4 is 5.32 Å². The first-order valence-corrected chi connectivity index (χ1v) is 5.35. The predicted octanol–water partition coefficient (Wildman–Crippen LogP) is 1.92. The zero-order valence-electron chi connectivity index (χ0n) is 9.30. The molecule has 0 spiro atoms. The summed E-state index contributed by atoms with van der Waals surface area (Å²) in [4.78, 5) is 0. The van der Waals surface area contributed by atoms with Gasteiger partial charge in [0.15, 0.2) is 0 Å². The molecule has 2 N–H and O–H groups in total. The second-order valence-corrected chi connectivity index (χ2v) is 5.36. The maximum absolute atomic E-state index is 9.64. The van der Waals surface area contributed by atoms with Crippen LogP contribution in [0.25, 0.3) is 0 Å². The molecule has 0 aromatic heterocycles. The van der Waals surface area contributed by atoms with Crippen molar-refractivity contribution in [3.8, 4) is 0 Å². The highest BCUT2D eigenvalue weighted by Crippen LogP contribution is 2.24. The molecule has 1 rings (SSSR count). The van der Waals surface area contributed by atoms with Gasteiger partial charge in [-0.3, -0.25) is 0 Å². The fourth-order valence-electron chi connectivity index (χ4n) is 1.71. The maximum atomic E-state index is 9.64. The molecule has 2 nitrogen and oxygen atoms in total. The quantitative estimate of drug-likeness (QED) is 0.689. The molecule has 13 heavy (non-hydrogen) atoms. The third kappa shape index (κ3) is 2.96. The third-order valence-electron chi connectivity index (χ3n) is 3.24. The summed E-state index contributed by atoms with van der Waals surface area (Å²) in [6.07, 6.45) is 3.14. The van der Waals surface area contributed by atoms with Crippen molar-refractivity contribution in [2.45, 2.75) is 65.1 Å². The molecule has 1 aliphatic rings. The first-order chi connectivity index (χ1) is 5.91. The molecule has 78 valence electrons. The Bertz CT molecular complexity index is 162. The molecule has 1 aliphatic carbocycles. The van der Waals surface area contributed by atoms with Crippen LogP contribution in [-0.2, 0) is 0 Å². The Labute approximate surface area is 81.7 Å². The predicted molar refractivity (Wildman–Crippen MR) is 55.7 cm³/mol. The molecule has 0 amide bonds. The lowest BCUT2D eigenvalue weighted by molar-refractivity contribution is 0.130. The normalized spacial score (nSPS) is 32.1. The van der Waals surface area contributed by atoms with Gasteiger partial charge in [-0.15, -0.1) is 0 Å². The zero-order valence-corrected chi connectivity index (χ0v) is 9.30. The summed E-state index contributed by atoms with van der Waals surface area (Å²) in [5.41, 5.74) is 0.280. The van der Waals surface area contributed by atoms with Gasteiger partial charge >= 0.3 is 0 Å². The fraction of sp³-hybridized carbons (Fsp3) is 1.00. The Hall–Kier alpha value is -0.0800. The fourth-order valence-corrected chi connectivity index (χ4v) is 1.71. The standard InChI is InChI=1S/C11H23NO/c1-8(11(2,3)4)12-9-6-5-7-10(9)13/h8-10,12-13H,5-7H2,1-4H3/t8?,9-,10-/m1/s1. The topological polar surface area (TPSA) is 32.3 Å². The van der Waals surface area contributed by atoms with Gasteiger partial charge in [-0.1, -0.05) is 20.8 Å². The minimum Gasteiger partial charge on any atom is -0.392 e. The van der Waals surface area contributed by atoms with Gasteiger partial charge in [-0.2, -0.15) is 0 Å². The van der Waals surface area contributed by atoms with E-state index in [1.54, 1.807) is 0 Å². The van der Waals surface area contributed by atoms with Crippen LogP contribution in [0.1, 0.15) is 47.0 Å². The van der Waals surface area contributed by atoms with Crippen LogP contribution >= 0.6 is 0 Å². The number of aliphatic hydroxyl groups excluding tert-OH is 1. The second-order valence-electron chi connectivity index (χ2n) is 5.36. The molecule has 0 heterocycles. The van der Waals surface area contributed by atoms with Gasteiger partial charge in [0, 0.05) is 12.1 Å². The Morgan fingerprint density at radius 3 is 2.31 bits per heavy atom. The maximum Gasteiger partial charge on any atom is 0.0693 e. The molecule has 1 unspecified atom stereocenters. The van der Waals surface area contributed by atoms with Crippen molar-refractivity contribution in [2.75, 3.05) is 0 Å². The van der Waals surface area contributed by atoms with Crippen LogP contribution in [0.4, 0.5) is 0 Å². The van der Waals surface area contributed by atoms with Gasteiger partial charge in [0.25, 0.3) is 0 Å². The SMILES string of the molecule is CC(N[C@@H]1CCC[C@H]1O)C(C)(C)C. The Morgan fingerprint density at radius 2 is 1.92 bits per heavy atom. The smallest absolute Gasteiger partial charge is 0.0693 e. The largest absolute Gasteiger partial charge is 0.392 e. The van der Waals surface area contributed by atoms with Gasteiger partial charge < -0.3 is 10.4 Å². The van der Waals surface area contributed by atoms with Gasteiger partial charge in [0.2, 0.25) is 0 Å². The van der Waals surface area contributed by atoms with E-state index in [0.717, 1.165) is 19.3 Å². The van der Waals surface area contributed by atoms with Crippen molar-refractivity contribution in [3.05, 3.63) is 0 Å². The lowest BCUT2D eigenvalue weighted by atomic mass is 9.87. The summed E-state index contributed by atoms with van der Waals surface area (Å²) >= 11 is 0. The number of rotatable bonds is 2. The molecule has 2 heteroatoms. The van der Waals surface area contributed by atoms with E-state index < -0.39 is 0 Å². The molecule has 0 aromatic carbocycles. The van der Waals surface area contributed by atoms with Gasteiger partial charge in [0.05, 0.1) is 6.10 Å². The molecule has 0 saturated heterocycles. The zero-order chi connectivity index (χ0) is 10.1. The molecule has 0 radical (unpaired) electrons. The van der Waals surface area contributed by atoms with E-state index in [2.05, 4.69) is 33.0 Å². The highest BCUT2D eigenvalue weighted by Gasteiger charge is 2.29. The third-order valence-corrected chi connectivity index (χ3v) is 3.24. The van der Waals surface area contributed by atoms with Crippen LogP contribution in [0.2, 0.25) is 0 Å². The van der Waals surface area contributed by atoms with E-state index in [1.807, 2.05) is 0 Å². The minimum atomic E-state index is -0.121. The molecule has 1 saturated carbocycles. The highest BCUT2D eigenvalue weighted by atomic mass is 16.3. The highest BCUT2D eigenvalue weighted by molar-refractivity contribution is 4.87. The van der Waals surface area contributed by atoms with E-state index in [4.69, 9.17) is 0 Å². The van der Waals surface area contributed by atoms with Crippen LogP contribution in [0.5, 0.6) is 0 Å². The van der Waals surface area contributed by atoms with E-state index >= 15 is 0 Å². The van der Waals surface area contributed by atoms with Crippen molar-refractivity contribution in [3.63, 3.8) is 0 Å². The summed E-state index contributed by atoms with van der Waals surface area (Å²) in [6, 6.07) is 0.791. The van der Waals surface area contributed by atoms with Crippen molar-refractivity contribution in [1.29, 1.82) is 0 Å². The van der Waals surface area contributed by atoms with Gasteiger partial charge in [-0.05, 0) is 31.6 Å². The van der Waals surface area contributed by atoms with Crippen molar-refractivity contribution in [1.82, 2.24) is 5.32 Å².